The average molecular weight is 441 g/mol. The second-order valence-electron chi connectivity index (χ2n) is 7.59. The quantitative estimate of drug-likeness (QED) is 0.328. The summed E-state index contributed by atoms with van der Waals surface area (Å²) in [5, 5.41) is 0. The van der Waals surface area contributed by atoms with E-state index in [-0.39, 0.29) is 11.8 Å². The molecule has 0 unspecified atom stereocenters. The van der Waals surface area contributed by atoms with E-state index in [9.17, 15) is 9.59 Å². The summed E-state index contributed by atoms with van der Waals surface area (Å²) in [6, 6.07) is 14.0. The Labute approximate surface area is 191 Å². The molecule has 0 aliphatic heterocycles. The minimum absolute atomic E-state index is 0.318. The van der Waals surface area contributed by atoms with Crippen LogP contribution in [0, 0.1) is 0 Å². The van der Waals surface area contributed by atoms with Crippen LogP contribution in [-0.2, 0) is 0 Å². The number of rotatable bonds is 14. The van der Waals surface area contributed by atoms with Gasteiger partial charge in [-0.3, -0.25) is 14.5 Å². The minimum atomic E-state index is -0.318. The molecule has 32 heavy (non-hydrogen) atoms. The van der Waals surface area contributed by atoms with Gasteiger partial charge < -0.3 is 15.2 Å². The maximum Gasteiger partial charge on any atom is 0.260 e. The Balaban J connectivity index is 2.16. The van der Waals surface area contributed by atoms with Gasteiger partial charge in [0.2, 0.25) is 0 Å². The van der Waals surface area contributed by atoms with E-state index in [1.165, 1.54) is 4.90 Å². The van der Waals surface area contributed by atoms with Gasteiger partial charge in [-0.15, -0.1) is 0 Å². The van der Waals surface area contributed by atoms with E-state index >= 15 is 0 Å². The van der Waals surface area contributed by atoms with E-state index in [0.717, 1.165) is 45.1 Å². The summed E-state index contributed by atoms with van der Waals surface area (Å²) in [6.07, 6.45) is 6.06. The van der Waals surface area contributed by atoms with Crippen molar-refractivity contribution in [3.8, 4) is 11.5 Å². The van der Waals surface area contributed by atoms with Gasteiger partial charge in [0.25, 0.3) is 11.8 Å². The molecule has 0 saturated heterocycles. The number of ether oxygens (including phenoxy) is 2. The molecule has 0 atom stereocenters. The Morgan fingerprint density at radius 1 is 0.750 bits per heavy atom. The fourth-order valence-electron chi connectivity index (χ4n) is 3.50. The lowest BCUT2D eigenvalue weighted by atomic mass is 10.1. The third-order valence-electron chi connectivity index (χ3n) is 5.11. The molecule has 6 nitrogen and oxygen atoms in total. The number of carbonyl (C=O) groups is 2. The van der Waals surface area contributed by atoms with Crippen LogP contribution in [0.3, 0.4) is 0 Å². The Kier molecular flexibility index (Phi) is 11.3. The molecule has 6 heteroatoms. The summed E-state index contributed by atoms with van der Waals surface area (Å²) in [6.45, 7) is 5.89. The van der Waals surface area contributed by atoms with Crippen LogP contribution in [0.25, 0.3) is 0 Å². The molecule has 2 aromatic carbocycles. The van der Waals surface area contributed by atoms with Crippen LogP contribution >= 0.6 is 0 Å². The largest absolute Gasteiger partial charge is 0.494 e. The lowest BCUT2D eigenvalue weighted by molar-refractivity contribution is 0.0612. The highest BCUT2D eigenvalue weighted by Crippen LogP contribution is 2.20. The number of imide groups is 1. The monoisotopic (exact) mass is 440 g/mol. The fraction of sp³-hybridized carbons (Fsp3) is 0.462. The molecule has 2 amide bonds. The van der Waals surface area contributed by atoms with Gasteiger partial charge in [0, 0.05) is 17.7 Å². The highest BCUT2D eigenvalue weighted by Gasteiger charge is 2.24. The number of nitrogens with zero attached hydrogens (tertiary/aromatic N) is 1. The lowest BCUT2D eigenvalue weighted by Crippen LogP contribution is -2.37. The first-order valence-electron chi connectivity index (χ1n) is 11.6. The van der Waals surface area contributed by atoms with Crippen LogP contribution in [0.5, 0.6) is 11.5 Å². The first kappa shape index (κ1) is 25.4. The van der Waals surface area contributed by atoms with Crippen molar-refractivity contribution in [3.63, 3.8) is 0 Å². The van der Waals surface area contributed by atoms with E-state index in [1.54, 1.807) is 48.5 Å². The molecule has 174 valence electrons. The van der Waals surface area contributed by atoms with Crippen molar-refractivity contribution in [1.29, 1.82) is 0 Å². The lowest BCUT2D eigenvalue weighted by Gasteiger charge is -2.22. The van der Waals surface area contributed by atoms with Gasteiger partial charge in [-0.05, 0) is 69.6 Å². The summed E-state index contributed by atoms with van der Waals surface area (Å²) < 4.78 is 11.1. The zero-order valence-corrected chi connectivity index (χ0v) is 19.3. The normalized spacial score (nSPS) is 10.6. The zero-order chi connectivity index (χ0) is 23.2. The van der Waals surface area contributed by atoms with Crippen molar-refractivity contribution < 1.29 is 19.1 Å². The number of nitrogens with two attached hydrogens (primary N) is 1. The van der Waals surface area contributed by atoms with E-state index < -0.39 is 0 Å². The van der Waals surface area contributed by atoms with E-state index in [4.69, 9.17) is 15.2 Å². The topological polar surface area (TPSA) is 81.9 Å². The van der Waals surface area contributed by atoms with Gasteiger partial charge >= 0.3 is 0 Å². The van der Waals surface area contributed by atoms with Crippen LogP contribution in [0.15, 0.2) is 48.5 Å². The maximum absolute atomic E-state index is 13.3. The average Bonchev–Trinajstić information content (AvgIpc) is 2.81. The SMILES string of the molecule is CCOc1cccc(C(=O)N(CCCCCCCCN)C(=O)c2cccc(OCC)c2)c1. The summed E-state index contributed by atoms with van der Waals surface area (Å²) in [5.74, 6) is 0.594. The number of carbonyl (C=O) groups excluding carboxylic acids is 2. The van der Waals surface area contributed by atoms with Crippen LogP contribution in [0.1, 0.15) is 73.1 Å². The van der Waals surface area contributed by atoms with Crippen molar-refractivity contribution in [2.45, 2.75) is 52.4 Å². The molecule has 0 aliphatic carbocycles. The molecular formula is C26H36N2O4. The minimum Gasteiger partial charge on any atom is -0.494 e. The van der Waals surface area contributed by atoms with Gasteiger partial charge in [0.1, 0.15) is 11.5 Å². The number of unbranched alkanes of at least 4 members (excludes halogenated alkanes) is 5. The molecule has 0 aliphatic rings. The van der Waals surface area contributed by atoms with Crippen molar-refractivity contribution >= 4 is 11.8 Å². The smallest absolute Gasteiger partial charge is 0.260 e. The zero-order valence-electron chi connectivity index (χ0n) is 19.3. The first-order chi connectivity index (χ1) is 15.6. The van der Waals surface area contributed by atoms with E-state index in [2.05, 4.69) is 0 Å². The van der Waals surface area contributed by atoms with Crippen LogP contribution in [-0.4, -0.2) is 43.0 Å². The fourth-order valence-corrected chi connectivity index (χ4v) is 3.50. The molecule has 0 fully saturated rings. The molecule has 2 aromatic rings. The van der Waals surface area contributed by atoms with Gasteiger partial charge in [0.05, 0.1) is 13.2 Å². The summed E-state index contributed by atoms with van der Waals surface area (Å²) in [4.78, 5) is 28.0. The number of hydrogen-bond acceptors (Lipinski definition) is 5. The van der Waals surface area contributed by atoms with Gasteiger partial charge in [-0.25, -0.2) is 0 Å². The Morgan fingerprint density at radius 3 is 1.69 bits per heavy atom. The van der Waals surface area contributed by atoms with E-state index in [1.807, 2.05) is 13.8 Å². The summed E-state index contributed by atoms with van der Waals surface area (Å²) in [7, 11) is 0. The maximum atomic E-state index is 13.3. The predicted molar refractivity (Wildman–Crippen MR) is 127 cm³/mol. The molecule has 0 radical (unpaired) electrons. The van der Waals surface area contributed by atoms with Crippen molar-refractivity contribution in [3.05, 3.63) is 59.7 Å². The van der Waals surface area contributed by atoms with Crippen LogP contribution < -0.4 is 15.2 Å². The van der Waals surface area contributed by atoms with Gasteiger partial charge in [-0.2, -0.15) is 0 Å². The van der Waals surface area contributed by atoms with Crippen LogP contribution in [0.4, 0.5) is 0 Å². The highest BCUT2D eigenvalue weighted by molar-refractivity contribution is 6.10. The molecule has 0 aromatic heterocycles. The summed E-state index contributed by atoms with van der Waals surface area (Å²) in [5.41, 5.74) is 6.42. The Morgan fingerprint density at radius 2 is 1.22 bits per heavy atom. The number of hydrogen-bond donors (Lipinski definition) is 1. The molecule has 2 N–H and O–H groups in total. The molecule has 0 saturated carbocycles. The second kappa shape index (κ2) is 14.2. The predicted octanol–water partition coefficient (Wildman–Crippen LogP) is 5.07. The third kappa shape index (κ3) is 8.00. The van der Waals surface area contributed by atoms with Crippen molar-refractivity contribution in [2.75, 3.05) is 26.3 Å². The van der Waals surface area contributed by atoms with Gasteiger partial charge in [0.15, 0.2) is 0 Å². The molecule has 0 bridgehead atoms. The van der Waals surface area contributed by atoms with E-state index in [0.29, 0.717) is 42.4 Å². The van der Waals surface area contributed by atoms with Gasteiger partial charge in [-0.1, -0.05) is 37.8 Å². The number of amides is 2. The second-order valence-corrected chi connectivity index (χ2v) is 7.59. The van der Waals surface area contributed by atoms with Crippen molar-refractivity contribution in [1.82, 2.24) is 4.90 Å². The van der Waals surface area contributed by atoms with Crippen LogP contribution in [0.2, 0.25) is 0 Å². The molecule has 0 heterocycles. The highest BCUT2D eigenvalue weighted by atomic mass is 16.5. The molecular weight excluding hydrogens is 404 g/mol. The van der Waals surface area contributed by atoms with Crippen molar-refractivity contribution in [2.24, 2.45) is 5.73 Å². The standard InChI is InChI=1S/C26H36N2O4/c1-3-31-23-15-11-13-21(19-23)25(29)28(18-10-8-6-5-7-9-17-27)26(30)22-14-12-16-24(20-22)32-4-2/h11-16,19-20H,3-10,17-18,27H2,1-2H3. The summed E-state index contributed by atoms with van der Waals surface area (Å²) >= 11 is 0. The Hall–Kier alpha value is -2.86. The molecule has 2 rings (SSSR count). The Bertz CT molecular complexity index is 792. The molecule has 0 spiro atoms. The third-order valence-corrected chi connectivity index (χ3v) is 5.11. The first-order valence-corrected chi connectivity index (χ1v) is 11.6. The number of benzene rings is 2.